The van der Waals surface area contributed by atoms with E-state index < -0.39 is 0 Å². The molecule has 0 bridgehead atoms. The summed E-state index contributed by atoms with van der Waals surface area (Å²) in [5.74, 6) is 0. The summed E-state index contributed by atoms with van der Waals surface area (Å²) in [6, 6.07) is 0. The maximum atomic E-state index is 3.65. The molecule has 1 rings (SSSR count). The van der Waals surface area contributed by atoms with E-state index >= 15 is 0 Å². The molecule has 1 N–H and O–H groups in total. The van der Waals surface area contributed by atoms with Gasteiger partial charge in [-0.1, -0.05) is 77.6 Å². The molecule has 0 spiro atoms. The second kappa shape index (κ2) is 15.8. The first kappa shape index (κ1) is 24.9. The first-order chi connectivity index (χ1) is 13.0. The summed E-state index contributed by atoms with van der Waals surface area (Å²) >= 11 is 0. The van der Waals surface area contributed by atoms with Crippen molar-refractivity contribution in [2.45, 2.75) is 110 Å². The molecule has 1 aliphatic rings. The summed E-state index contributed by atoms with van der Waals surface area (Å²) < 4.78 is 0. The first-order valence-electron chi connectivity index (χ1n) is 12.2. The molecular weight excluding hydrogens is 330 g/mol. The van der Waals surface area contributed by atoms with Crippen LogP contribution in [0.2, 0.25) is 0 Å². The van der Waals surface area contributed by atoms with Gasteiger partial charge in [0.15, 0.2) is 0 Å². The number of unbranched alkanes of at least 4 members (excludes halogenated alkanes) is 11. The van der Waals surface area contributed by atoms with Gasteiger partial charge in [-0.25, -0.2) is 0 Å². The van der Waals surface area contributed by atoms with E-state index in [1.54, 1.807) is 0 Å². The van der Waals surface area contributed by atoms with Gasteiger partial charge in [0.1, 0.15) is 0 Å². The van der Waals surface area contributed by atoms with Crippen LogP contribution in [0.3, 0.4) is 0 Å². The molecule has 1 saturated heterocycles. The van der Waals surface area contributed by atoms with Crippen molar-refractivity contribution in [1.29, 1.82) is 0 Å². The highest BCUT2D eigenvalue weighted by atomic mass is 15.3. The number of hydrogen-bond acceptors (Lipinski definition) is 3. The topological polar surface area (TPSA) is 18.5 Å². The lowest BCUT2D eigenvalue weighted by Gasteiger charge is -2.42. The van der Waals surface area contributed by atoms with Crippen molar-refractivity contribution >= 4 is 0 Å². The normalized spacial score (nSPS) is 16.9. The van der Waals surface area contributed by atoms with Crippen LogP contribution in [0.15, 0.2) is 0 Å². The molecule has 27 heavy (non-hydrogen) atoms. The Labute approximate surface area is 171 Å². The van der Waals surface area contributed by atoms with Gasteiger partial charge in [0.05, 0.1) is 0 Å². The highest BCUT2D eigenvalue weighted by Gasteiger charge is 2.25. The lowest BCUT2D eigenvalue weighted by molar-refractivity contribution is 0.0628. The van der Waals surface area contributed by atoms with Crippen LogP contribution in [-0.2, 0) is 0 Å². The molecule has 0 aromatic carbocycles. The van der Waals surface area contributed by atoms with Gasteiger partial charge in [-0.3, -0.25) is 9.80 Å². The Morgan fingerprint density at radius 1 is 0.630 bits per heavy atom. The van der Waals surface area contributed by atoms with Crippen molar-refractivity contribution < 1.29 is 0 Å². The molecule has 3 nitrogen and oxygen atoms in total. The van der Waals surface area contributed by atoms with E-state index in [9.17, 15) is 0 Å². The van der Waals surface area contributed by atoms with Crippen molar-refractivity contribution in [3.05, 3.63) is 0 Å². The molecule has 162 valence electrons. The van der Waals surface area contributed by atoms with Crippen molar-refractivity contribution in [3.8, 4) is 0 Å². The lowest BCUT2D eigenvalue weighted by Crippen LogP contribution is -2.54. The third-order valence-corrected chi connectivity index (χ3v) is 6.13. The minimum atomic E-state index is 0.332. The number of nitrogens with zero attached hydrogens (tertiary/aromatic N) is 2. The second-order valence-corrected chi connectivity index (χ2v) is 9.64. The van der Waals surface area contributed by atoms with E-state index in [4.69, 9.17) is 0 Å². The Hall–Kier alpha value is -0.120. The Morgan fingerprint density at radius 2 is 1.11 bits per heavy atom. The fraction of sp³-hybridized carbons (Fsp3) is 1.00. The molecule has 0 amide bonds. The fourth-order valence-electron chi connectivity index (χ4n) is 4.10. The third-order valence-electron chi connectivity index (χ3n) is 6.13. The van der Waals surface area contributed by atoms with Gasteiger partial charge in [0, 0.05) is 44.8 Å². The molecule has 0 aromatic heterocycles. The van der Waals surface area contributed by atoms with Crippen LogP contribution in [0.5, 0.6) is 0 Å². The standard InChI is InChI=1S/C24H51N3/c1-5-6-7-8-9-10-11-12-13-14-15-16-17-25-18-19-26-20-22-27(23-21-26)24(2,3)4/h25H,5-23H2,1-4H3. The third kappa shape index (κ3) is 13.7. The molecule has 3 heteroatoms. The maximum Gasteiger partial charge on any atom is 0.0126 e. The Morgan fingerprint density at radius 3 is 1.59 bits per heavy atom. The van der Waals surface area contributed by atoms with Crippen molar-refractivity contribution in [2.75, 3.05) is 45.8 Å². The molecule has 0 aromatic rings. The molecular formula is C24H51N3. The van der Waals surface area contributed by atoms with E-state index in [1.165, 1.54) is 116 Å². The molecule has 0 atom stereocenters. The van der Waals surface area contributed by atoms with Crippen LogP contribution in [-0.4, -0.2) is 61.2 Å². The number of hydrogen-bond donors (Lipinski definition) is 1. The maximum absolute atomic E-state index is 3.65. The molecule has 0 unspecified atom stereocenters. The van der Waals surface area contributed by atoms with E-state index in [0.717, 1.165) is 6.54 Å². The van der Waals surface area contributed by atoms with Gasteiger partial charge >= 0.3 is 0 Å². The minimum Gasteiger partial charge on any atom is -0.315 e. The lowest BCUT2D eigenvalue weighted by atomic mass is 10.1. The molecule has 0 radical (unpaired) electrons. The molecule has 0 aliphatic carbocycles. The summed E-state index contributed by atoms with van der Waals surface area (Å²) in [7, 11) is 0. The summed E-state index contributed by atoms with van der Waals surface area (Å²) in [4.78, 5) is 5.24. The SMILES string of the molecule is CCCCCCCCCCCCCCNCCN1CCN(C(C)(C)C)CC1. The zero-order chi connectivity index (χ0) is 19.8. The highest BCUT2D eigenvalue weighted by Crippen LogP contribution is 2.15. The van der Waals surface area contributed by atoms with Gasteiger partial charge in [-0.15, -0.1) is 0 Å². The quantitative estimate of drug-likeness (QED) is 0.346. The Kier molecular flexibility index (Phi) is 14.5. The van der Waals surface area contributed by atoms with E-state index in [1.807, 2.05) is 0 Å². The van der Waals surface area contributed by atoms with E-state index in [-0.39, 0.29) is 0 Å². The van der Waals surface area contributed by atoms with Gasteiger partial charge in [-0.05, 0) is 33.7 Å². The smallest absolute Gasteiger partial charge is 0.0126 e. The summed E-state index contributed by atoms with van der Waals surface area (Å²) in [5.41, 5.74) is 0.332. The molecule has 1 fully saturated rings. The zero-order valence-electron chi connectivity index (χ0n) is 19.3. The van der Waals surface area contributed by atoms with Crippen molar-refractivity contribution in [2.24, 2.45) is 0 Å². The largest absolute Gasteiger partial charge is 0.315 e. The first-order valence-corrected chi connectivity index (χ1v) is 12.2. The van der Waals surface area contributed by atoms with Crippen LogP contribution in [0.25, 0.3) is 0 Å². The highest BCUT2D eigenvalue weighted by molar-refractivity contribution is 4.81. The number of piperazine rings is 1. The molecule has 1 aliphatic heterocycles. The van der Waals surface area contributed by atoms with E-state index in [2.05, 4.69) is 42.8 Å². The zero-order valence-corrected chi connectivity index (χ0v) is 19.3. The summed E-state index contributed by atoms with van der Waals surface area (Å²) in [6.07, 6.45) is 17.2. The van der Waals surface area contributed by atoms with E-state index in [0.29, 0.717) is 5.54 Å². The predicted molar refractivity (Wildman–Crippen MR) is 122 cm³/mol. The summed E-state index contributed by atoms with van der Waals surface area (Å²) in [5, 5.41) is 3.65. The minimum absolute atomic E-state index is 0.332. The van der Waals surface area contributed by atoms with Gasteiger partial charge in [0.25, 0.3) is 0 Å². The van der Waals surface area contributed by atoms with Gasteiger partial charge in [0.2, 0.25) is 0 Å². The number of nitrogens with one attached hydrogen (secondary N) is 1. The Balaban J connectivity index is 1.77. The average molecular weight is 382 g/mol. The molecule has 1 heterocycles. The van der Waals surface area contributed by atoms with Crippen LogP contribution in [0.1, 0.15) is 105 Å². The predicted octanol–water partition coefficient (Wildman–Crippen LogP) is 5.69. The average Bonchev–Trinajstić information content (AvgIpc) is 2.64. The Bertz CT molecular complexity index is 316. The van der Waals surface area contributed by atoms with Crippen molar-refractivity contribution in [3.63, 3.8) is 0 Å². The number of rotatable bonds is 16. The van der Waals surface area contributed by atoms with Crippen molar-refractivity contribution in [1.82, 2.24) is 15.1 Å². The van der Waals surface area contributed by atoms with Crippen LogP contribution >= 0.6 is 0 Å². The van der Waals surface area contributed by atoms with Crippen LogP contribution in [0, 0.1) is 0 Å². The van der Waals surface area contributed by atoms with Crippen LogP contribution < -0.4 is 5.32 Å². The van der Waals surface area contributed by atoms with Crippen LogP contribution in [0.4, 0.5) is 0 Å². The van der Waals surface area contributed by atoms with Gasteiger partial charge in [-0.2, -0.15) is 0 Å². The monoisotopic (exact) mass is 381 g/mol. The second-order valence-electron chi connectivity index (χ2n) is 9.64. The molecule has 0 saturated carbocycles. The van der Waals surface area contributed by atoms with Gasteiger partial charge < -0.3 is 5.32 Å². The fourth-order valence-corrected chi connectivity index (χ4v) is 4.10. The summed E-state index contributed by atoms with van der Waals surface area (Å²) in [6.45, 7) is 17.8.